The molecule has 10 heteroatoms. The third-order valence-electron chi connectivity index (χ3n) is 7.74. The lowest BCUT2D eigenvalue weighted by Gasteiger charge is -2.40. The first-order valence-electron chi connectivity index (χ1n) is 12.2. The molecule has 3 aliphatic carbocycles. The summed E-state index contributed by atoms with van der Waals surface area (Å²) >= 11 is 0. The number of hydrogen-bond acceptors (Lipinski definition) is 10. The van der Waals surface area contributed by atoms with E-state index in [2.05, 4.69) is 0 Å². The number of aliphatic hydroxyl groups excluding tert-OH is 2. The van der Waals surface area contributed by atoms with Gasteiger partial charge < -0.3 is 35.0 Å². The Morgan fingerprint density at radius 2 is 1.70 bits per heavy atom. The minimum atomic E-state index is -2.14. The number of hydrogen-bond donors (Lipinski definition) is 5. The summed E-state index contributed by atoms with van der Waals surface area (Å²) in [5.41, 5.74) is -3.11. The Kier molecular flexibility index (Phi) is 6.31. The predicted octanol–water partition coefficient (Wildman–Crippen LogP) is 1.48. The van der Waals surface area contributed by atoms with Crippen LogP contribution < -0.4 is 4.74 Å². The van der Waals surface area contributed by atoms with Gasteiger partial charge in [0.2, 0.25) is 5.78 Å². The average molecular weight is 513 g/mol. The van der Waals surface area contributed by atoms with Gasteiger partial charge in [-0.3, -0.25) is 14.4 Å². The lowest BCUT2D eigenvalue weighted by molar-refractivity contribution is -0.150. The van der Waals surface area contributed by atoms with Crippen LogP contribution >= 0.6 is 0 Å². The van der Waals surface area contributed by atoms with Gasteiger partial charge in [-0.1, -0.05) is 12.1 Å². The van der Waals surface area contributed by atoms with E-state index >= 15 is 0 Å². The molecule has 1 saturated carbocycles. The number of aromatic hydroxyl groups is 2. The van der Waals surface area contributed by atoms with Gasteiger partial charge in [0.25, 0.3) is 0 Å². The number of phenolic OH excluding ortho intramolecular Hbond substituents is 2. The van der Waals surface area contributed by atoms with Crippen molar-refractivity contribution in [1.29, 1.82) is 0 Å². The van der Waals surface area contributed by atoms with Crippen LogP contribution in [0.3, 0.4) is 0 Å². The van der Waals surface area contributed by atoms with E-state index in [1.165, 1.54) is 25.3 Å². The molecule has 2 aromatic carbocycles. The van der Waals surface area contributed by atoms with Crippen molar-refractivity contribution in [2.45, 2.75) is 62.4 Å². The highest BCUT2D eigenvalue weighted by Crippen LogP contribution is 2.52. The van der Waals surface area contributed by atoms with Crippen LogP contribution in [-0.4, -0.2) is 74.4 Å². The van der Waals surface area contributed by atoms with Gasteiger partial charge in [-0.25, -0.2) is 0 Å². The Labute approximate surface area is 212 Å². The van der Waals surface area contributed by atoms with Gasteiger partial charge in [-0.05, 0) is 31.7 Å². The fourth-order valence-electron chi connectivity index (χ4n) is 5.81. The van der Waals surface area contributed by atoms with Crippen molar-refractivity contribution >= 4 is 17.3 Å². The Balaban J connectivity index is 1.69. The van der Waals surface area contributed by atoms with Crippen molar-refractivity contribution in [3.63, 3.8) is 0 Å². The Bertz CT molecular complexity index is 1310. The number of ether oxygens (including phenoxy) is 2. The van der Waals surface area contributed by atoms with Crippen LogP contribution in [0.25, 0.3) is 0 Å². The highest BCUT2D eigenvalue weighted by Gasteiger charge is 2.49. The number of carbonyl (C=O) groups excluding carboxylic acids is 3. The van der Waals surface area contributed by atoms with E-state index in [9.17, 15) is 39.9 Å². The van der Waals surface area contributed by atoms with Crippen molar-refractivity contribution in [3.05, 3.63) is 51.6 Å². The first kappa shape index (κ1) is 25.3. The number of rotatable bonds is 5. The molecule has 0 heterocycles. The molecule has 0 bridgehead atoms. The second-order valence-corrected chi connectivity index (χ2v) is 9.93. The minimum absolute atomic E-state index is 0.0114. The fourth-order valence-corrected chi connectivity index (χ4v) is 5.81. The van der Waals surface area contributed by atoms with Gasteiger partial charge in [0.15, 0.2) is 11.6 Å². The van der Waals surface area contributed by atoms with Crippen LogP contribution in [0.4, 0.5) is 0 Å². The zero-order valence-corrected chi connectivity index (χ0v) is 20.2. The maximum Gasteiger partial charge on any atom is 0.202 e. The van der Waals surface area contributed by atoms with Gasteiger partial charge in [0.05, 0.1) is 42.1 Å². The summed E-state index contributed by atoms with van der Waals surface area (Å²) in [6.45, 7) is -0.962. The number of aliphatic hydroxyl groups is 3. The highest BCUT2D eigenvalue weighted by atomic mass is 16.5. The molecule has 2 atom stereocenters. The summed E-state index contributed by atoms with van der Waals surface area (Å²) in [5, 5.41) is 53.3. The Morgan fingerprint density at radius 1 is 1.03 bits per heavy atom. The van der Waals surface area contributed by atoms with Crippen molar-refractivity contribution in [3.8, 4) is 17.2 Å². The summed E-state index contributed by atoms with van der Waals surface area (Å²) < 4.78 is 11.5. The van der Waals surface area contributed by atoms with Gasteiger partial charge in [0, 0.05) is 29.5 Å². The highest BCUT2D eigenvalue weighted by molar-refractivity contribution is 6.31. The van der Waals surface area contributed by atoms with E-state index in [0.717, 1.165) is 0 Å². The molecule has 0 aliphatic heterocycles. The third-order valence-corrected chi connectivity index (χ3v) is 7.74. The molecule has 0 amide bonds. The molecule has 3 aliphatic rings. The number of ketones is 3. The number of phenols is 2. The number of methoxy groups -OCH3 is 1. The second kappa shape index (κ2) is 9.21. The number of carbonyl (C=O) groups is 3. The molecule has 0 unspecified atom stereocenters. The van der Waals surface area contributed by atoms with Crippen LogP contribution in [-0.2, 0) is 16.0 Å². The average Bonchev–Trinajstić information content (AvgIpc) is 2.89. The van der Waals surface area contributed by atoms with Crippen LogP contribution in [0.15, 0.2) is 18.2 Å². The third kappa shape index (κ3) is 3.91. The summed E-state index contributed by atoms with van der Waals surface area (Å²) in [5.74, 6) is -3.41. The molecular formula is C27H28O10. The Morgan fingerprint density at radius 3 is 2.35 bits per heavy atom. The minimum Gasteiger partial charge on any atom is -0.507 e. The molecule has 10 nitrogen and oxygen atoms in total. The van der Waals surface area contributed by atoms with Gasteiger partial charge in [0.1, 0.15) is 29.5 Å². The quantitative estimate of drug-likeness (QED) is 0.315. The van der Waals surface area contributed by atoms with Crippen LogP contribution in [0.2, 0.25) is 0 Å². The van der Waals surface area contributed by atoms with Crippen LogP contribution in [0.5, 0.6) is 17.2 Å². The molecular weight excluding hydrogens is 484 g/mol. The van der Waals surface area contributed by atoms with Crippen molar-refractivity contribution in [2.75, 3.05) is 13.7 Å². The van der Waals surface area contributed by atoms with Gasteiger partial charge >= 0.3 is 0 Å². The van der Waals surface area contributed by atoms with Crippen LogP contribution in [0.1, 0.15) is 81.2 Å². The zero-order valence-electron chi connectivity index (χ0n) is 20.2. The fraction of sp³-hybridized carbons (Fsp3) is 0.444. The smallest absolute Gasteiger partial charge is 0.202 e. The molecule has 0 aromatic heterocycles. The van der Waals surface area contributed by atoms with Crippen molar-refractivity contribution in [2.24, 2.45) is 0 Å². The molecule has 0 spiro atoms. The number of benzene rings is 2. The van der Waals surface area contributed by atoms with E-state index < -0.39 is 70.8 Å². The predicted molar refractivity (Wildman–Crippen MR) is 127 cm³/mol. The largest absolute Gasteiger partial charge is 0.507 e. The molecule has 5 rings (SSSR count). The summed E-state index contributed by atoms with van der Waals surface area (Å²) in [6.07, 6.45) is -0.890. The van der Waals surface area contributed by atoms with Crippen molar-refractivity contribution < 1.29 is 49.4 Å². The molecule has 37 heavy (non-hydrogen) atoms. The summed E-state index contributed by atoms with van der Waals surface area (Å²) in [4.78, 5) is 39.6. The topological polar surface area (TPSA) is 171 Å². The standard InChI is InChI=1S/C27H28O10/c1-36-16-4-2-3-14-19(16)25(33)22-21(23(14)31)24(32)15-9-27(35,18(30)11-28)10-17(20(15)26(22)34)37-13-7-5-12(29)6-8-13/h2-4,12-13,17,28-29,32,34-35H,5-11H2,1H3/t12?,13?,17-,27-/m1/s1. The van der Waals surface area contributed by atoms with Gasteiger partial charge in [-0.2, -0.15) is 0 Å². The van der Waals surface area contributed by atoms with Gasteiger partial charge in [-0.15, -0.1) is 0 Å². The zero-order chi connectivity index (χ0) is 26.6. The lowest BCUT2D eigenvalue weighted by Crippen LogP contribution is -2.47. The lowest BCUT2D eigenvalue weighted by atomic mass is 9.71. The normalized spacial score (nSPS) is 26.8. The first-order valence-corrected chi connectivity index (χ1v) is 12.2. The maximum atomic E-state index is 13.6. The second-order valence-electron chi connectivity index (χ2n) is 9.93. The molecule has 0 radical (unpaired) electrons. The van der Waals surface area contributed by atoms with E-state index in [1.807, 2.05) is 0 Å². The summed E-state index contributed by atoms with van der Waals surface area (Å²) in [6, 6.07) is 4.44. The maximum absolute atomic E-state index is 13.6. The molecule has 0 saturated heterocycles. The molecule has 5 N–H and O–H groups in total. The SMILES string of the molecule is COc1cccc2c1C(=O)c1c(O)c3c(c(O)c1C2=O)C[C@](O)(C(=O)CO)C[C@H]3OC1CCC(O)CC1. The summed E-state index contributed by atoms with van der Waals surface area (Å²) in [7, 11) is 1.34. The van der Waals surface area contributed by atoms with Crippen molar-refractivity contribution in [1.82, 2.24) is 0 Å². The van der Waals surface area contributed by atoms with Crippen LogP contribution in [0, 0.1) is 0 Å². The number of Topliss-reactive ketones (excluding diaryl/α,β-unsaturated/α-hetero) is 1. The molecule has 1 fully saturated rings. The first-order chi connectivity index (χ1) is 17.6. The molecule has 196 valence electrons. The monoisotopic (exact) mass is 512 g/mol. The Hall–Kier alpha value is -3.31. The van der Waals surface area contributed by atoms with E-state index in [4.69, 9.17) is 9.47 Å². The van der Waals surface area contributed by atoms with E-state index in [1.54, 1.807) is 0 Å². The molecule has 2 aromatic rings. The number of fused-ring (bicyclic) bond motifs is 3. The van der Waals surface area contributed by atoms with E-state index in [0.29, 0.717) is 25.7 Å². The van der Waals surface area contributed by atoms with E-state index in [-0.39, 0.29) is 40.5 Å².